The van der Waals surface area contributed by atoms with E-state index >= 15 is 0 Å². The van der Waals surface area contributed by atoms with Crippen LogP contribution in [0, 0.1) is 0 Å². The second kappa shape index (κ2) is 7.38. The molecule has 5 nitrogen and oxygen atoms in total. The minimum atomic E-state index is -0.785. The summed E-state index contributed by atoms with van der Waals surface area (Å²) >= 11 is 0. The van der Waals surface area contributed by atoms with Gasteiger partial charge in [-0.2, -0.15) is 0 Å². The van der Waals surface area contributed by atoms with Crippen molar-refractivity contribution in [2.45, 2.75) is 57.1 Å². The Morgan fingerprint density at radius 3 is 2.45 bits per heavy atom. The van der Waals surface area contributed by atoms with Gasteiger partial charge in [-0.3, -0.25) is 9.69 Å². The van der Waals surface area contributed by atoms with E-state index < -0.39 is 5.60 Å². The van der Waals surface area contributed by atoms with Crippen LogP contribution < -0.4 is 5.32 Å². The first-order valence-corrected chi connectivity index (χ1v) is 7.93. The van der Waals surface area contributed by atoms with Crippen LogP contribution in [0.15, 0.2) is 0 Å². The molecule has 2 N–H and O–H groups in total. The number of nitrogens with zero attached hydrogens (tertiary/aromatic N) is 1. The molecule has 2 fully saturated rings. The largest absolute Gasteiger partial charge is 0.388 e. The highest BCUT2D eigenvalue weighted by Crippen LogP contribution is 2.19. The molecule has 0 aromatic rings. The minimum absolute atomic E-state index is 0.0341. The van der Waals surface area contributed by atoms with Crippen molar-refractivity contribution >= 4 is 5.91 Å². The molecule has 20 heavy (non-hydrogen) atoms. The lowest BCUT2D eigenvalue weighted by atomic mass is 9.94. The van der Waals surface area contributed by atoms with Crippen LogP contribution in [-0.2, 0) is 9.53 Å². The molecule has 2 heterocycles. The first-order valence-electron chi connectivity index (χ1n) is 7.93. The van der Waals surface area contributed by atoms with Gasteiger partial charge >= 0.3 is 0 Å². The molecule has 1 amide bonds. The molecule has 0 saturated carbocycles. The molecule has 0 radical (unpaired) electrons. The smallest absolute Gasteiger partial charge is 0.237 e. The summed E-state index contributed by atoms with van der Waals surface area (Å²) in [5.74, 6) is 0.0341. The molecular formula is C15H28N2O3. The standard InChI is InChI=1S/C15H28N2O3/c1-13(17-8-4-2-3-5-9-17)14(18)16-12-15(19)6-10-20-11-7-15/h13,19H,2-12H2,1H3,(H,16,18)/t13-/m0/s1. The molecule has 2 aliphatic rings. The highest BCUT2D eigenvalue weighted by Gasteiger charge is 2.31. The van der Waals surface area contributed by atoms with Crippen LogP contribution >= 0.6 is 0 Å². The van der Waals surface area contributed by atoms with Gasteiger partial charge in [0.15, 0.2) is 0 Å². The van der Waals surface area contributed by atoms with Gasteiger partial charge in [0.05, 0.1) is 11.6 Å². The predicted octanol–water partition coefficient (Wildman–Crippen LogP) is 0.909. The van der Waals surface area contributed by atoms with Gasteiger partial charge in [-0.1, -0.05) is 12.8 Å². The van der Waals surface area contributed by atoms with Crippen LogP contribution in [0.25, 0.3) is 0 Å². The van der Waals surface area contributed by atoms with Gasteiger partial charge in [0.1, 0.15) is 0 Å². The Kier molecular flexibility index (Phi) is 5.81. The number of carbonyl (C=O) groups excluding carboxylic acids is 1. The van der Waals surface area contributed by atoms with Crippen molar-refractivity contribution in [2.24, 2.45) is 0 Å². The fourth-order valence-electron chi connectivity index (χ4n) is 2.98. The number of rotatable bonds is 4. The molecule has 0 spiro atoms. The number of ether oxygens (including phenoxy) is 1. The summed E-state index contributed by atoms with van der Waals surface area (Å²) in [6, 6.07) is -0.100. The van der Waals surface area contributed by atoms with Gasteiger partial charge < -0.3 is 15.2 Å². The number of carbonyl (C=O) groups is 1. The summed E-state index contributed by atoms with van der Waals surface area (Å²) in [4.78, 5) is 14.5. The molecule has 2 rings (SSSR count). The number of likely N-dealkylation sites (tertiary alicyclic amines) is 1. The average molecular weight is 284 g/mol. The van der Waals surface area contributed by atoms with Crippen LogP contribution in [0.1, 0.15) is 45.4 Å². The number of nitrogens with one attached hydrogen (secondary N) is 1. The van der Waals surface area contributed by atoms with Crippen molar-refractivity contribution < 1.29 is 14.6 Å². The van der Waals surface area contributed by atoms with Gasteiger partial charge in [0.25, 0.3) is 0 Å². The topological polar surface area (TPSA) is 61.8 Å². The van der Waals surface area contributed by atoms with Gasteiger partial charge in [0.2, 0.25) is 5.91 Å². The Balaban J connectivity index is 1.78. The zero-order valence-electron chi connectivity index (χ0n) is 12.6. The van der Waals surface area contributed by atoms with Crippen molar-refractivity contribution in [1.29, 1.82) is 0 Å². The Bertz CT molecular complexity index is 308. The predicted molar refractivity (Wildman–Crippen MR) is 77.5 cm³/mol. The van der Waals surface area contributed by atoms with Gasteiger partial charge in [0, 0.05) is 32.6 Å². The lowest BCUT2D eigenvalue weighted by Crippen LogP contribution is -2.51. The van der Waals surface area contributed by atoms with Gasteiger partial charge in [-0.15, -0.1) is 0 Å². The maximum Gasteiger partial charge on any atom is 0.237 e. The summed E-state index contributed by atoms with van der Waals surface area (Å²) in [5.41, 5.74) is -0.785. The molecule has 0 unspecified atom stereocenters. The van der Waals surface area contributed by atoms with E-state index in [0.29, 0.717) is 32.6 Å². The molecule has 116 valence electrons. The zero-order chi connectivity index (χ0) is 14.4. The molecule has 0 bridgehead atoms. The van der Waals surface area contributed by atoms with E-state index in [4.69, 9.17) is 4.74 Å². The van der Waals surface area contributed by atoms with E-state index in [9.17, 15) is 9.90 Å². The Labute approximate surface area is 121 Å². The summed E-state index contributed by atoms with van der Waals surface area (Å²) in [5, 5.41) is 13.3. The van der Waals surface area contributed by atoms with Crippen molar-refractivity contribution in [3.63, 3.8) is 0 Å². The summed E-state index contributed by atoms with van der Waals surface area (Å²) in [7, 11) is 0. The van der Waals surface area contributed by atoms with E-state index in [-0.39, 0.29) is 11.9 Å². The van der Waals surface area contributed by atoms with E-state index in [2.05, 4.69) is 10.2 Å². The fraction of sp³-hybridized carbons (Fsp3) is 0.933. The third-order valence-corrected chi connectivity index (χ3v) is 4.58. The maximum atomic E-state index is 12.2. The Morgan fingerprint density at radius 1 is 1.25 bits per heavy atom. The third-order valence-electron chi connectivity index (χ3n) is 4.58. The van der Waals surface area contributed by atoms with Crippen LogP contribution in [0.3, 0.4) is 0 Å². The van der Waals surface area contributed by atoms with Crippen LogP contribution in [0.4, 0.5) is 0 Å². The SMILES string of the molecule is C[C@@H](C(=O)NCC1(O)CCOCC1)N1CCCCCC1. The molecule has 0 aliphatic carbocycles. The Morgan fingerprint density at radius 2 is 1.85 bits per heavy atom. The molecule has 0 aromatic heterocycles. The highest BCUT2D eigenvalue weighted by molar-refractivity contribution is 5.81. The summed E-state index contributed by atoms with van der Waals surface area (Å²) < 4.78 is 5.25. The Hall–Kier alpha value is -0.650. The van der Waals surface area contributed by atoms with Crippen molar-refractivity contribution in [3.05, 3.63) is 0 Å². The lowest BCUT2D eigenvalue weighted by Gasteiger charge is -2.33. The molecule has 2 saturated heterocycles. The lowest BCUT2D eigenvalue weighted by molar-refractivity contribution is -0.128. The number of hydrogen-bond acceptors (Lipinski definition) is 4. The molecule has 1 atom stereocenters. The van der Waals surface area contributed by atoms with Crippen LogP contribution in [0.2, 0.25) is 0 Å². The molecule has 2 aliphatic heterocycles. The number of hydrogen-bond donors (Lipinski definition) is 2. The fourth-order valence-corrected chi connectivity index (χ4v) is 2.98. The van der Waals surface area contributed by atoms with E-state index in [1.54, 1.807) is 0 Å². The minimum Gasteiger partial charge on any atom is -0.388 e. The maximum absolute atomic E-state index is 12.2. The second-order valence-corrected chi connectivity index (χ2v) is 6.18. The van der Waals surface area contributed by atoms with Crippen LogP contribution in [0.5, 0.6) is 0 Å². The van der Waals surface area contributed by atoms with Gasteiger partial charge in [-0.25, -0.2) is 0 Å². The summed E-state index contributed by atoms with van der Waals surface area (Å²) in [6.45, 7) is 5.48. The first-order chi connectivity index (χ1) is 9.61. The normalized spacial score (nSPS) is 25.7. The second-order valence-electron chi connectivity index (χ2n) is 6.18. The van der Waals surface area contributed by atoms with Crippen molar-refractivity contribution in [2.75, 3.05) is 32.8 Å². The molecular weight excluding hydrogens is 256 g/mol. The monoisotopic (exact) mass is 284 g/mol. The van der Waals surface area contributed by atoms with Crippen molar-refractivity contribution in [3.8, 4) is 0 Å². The number of amides is 1. The van der Waals surface area contributed by atoms with Crippen molar-refractivity contribution in [1.82, 2.24) is 10.2 Å². The quantitative estimate of drug-likeness (QED) is 0.805. The third kappa shape index (κ3) is 4.43. The van der Waals surface area contributed by atoms with E-state index in [0.717, 1.165) is 13.1 Å². The first kappa shape index (κ1) is 15.7. The summed E-state index contributed by atoms with van der Waals surface area (Å²) in [6.07, 6.45) is 6.10. The molecule has 5 heteroatoms. The highest BCUT2D eigenvalue weighted by atomic mass is 16.5. The zero-order valence-corrected chi connectivity index (χ0v) is 12.6. The average Bonchev–Trinajstić information content (AvgIpc) is 2.74. The van der Waals surface area contributed by atoms with E-state index in [1.165, 1.54) is 25.7 Å². The van der Waals surface area contributed by atoms with E-state index in [1.807, 2.05) is 6.92 Å². The van der Waals surface area contributed by atoms with Crippen LogP contribution in [-0.4, -0.2) is 60.4 Å². The number of aliphatic hydroxyl groups is 1. The van der Waals surface area contributed by atoms with Gasteiger partial charge in [-0.05, 0) is 32.9 Å². The molecule has 0 aromatic carbocycles.